The van der Waals surface area contributed by atoms with Gasteiger partial charge in [-0.05, 0) is 31.2 Å². The Labute approximate surface area is 99.1 Å². The molecule has 1 rings (SSSR count). The van der Waals surface area contributed by atoms with E-state index in [1.165, 1.54) is 19.1 Å². The predicted molar refractivity (Wildman–Crippen MR) is 58.9 cm³/mol. The van der Waals surface area contributed by atoms with Crippen molar-refractivity contribution >= 4 is 27.8 Å². The smallest absolute Gasteiger partial charge is 0.295 e. The molecule has 0 saturated heterocycles. The van der Waals surface area contributed by atoms with Gasteiger partial charge in [0, 0.05) is 10.0 Å². The lowest BCUT2D eigenvalue weighted by atomic mass is 10.1. The fourth-order valence-corrected chi connectivity index (χ4v) is 1.65. The van der Waals surface area contributed by atoms with Gasteiger partial charge in [0.1, 0.15) is 0 Å². The molecule has 5 heteroatoms. The van der Waals surface area contributed by atoms with Crippen molar-refractivity contribution in [3.8, 4) is 0 Å². The summed E-state index contributed by atoms with van der Waals surface area (Å²) in [6.45, 7) is 1.28. The predicted octanol–water partition coefficient (Wildman–Crippen LogP) is 4.07. The van der Waals surface area contributed by atoms with Crippen LogP contribution in [-0.2, 0) is 11.0 Å². The zero-order valence-electron chi connectivity index (χ0n) is 8.31. The van der Waals surface area contributed by atoms with Gasteiger partial charge in [-0.3, -0.25) is 4.79 Å². The second-order valence-electron chi connectivity index (χ2n) is 3.14. The van der Waals surface area contributed by atoms with Crippen molar-refractivity contribution in [1.29, 1.82) is 0 Å². The van der Waals surface area contributed by atoms with Crippen LogP contribution in [0.3, 0.4) is 0 Å². The summed E-state index contributed by atoms with van der Waals surface area (Å²) < 4.78 is 38.1. The monoisotopic (exact) mass is 292 g/mol. The molecule has 0 heterocycles. The van der Waals surface area contributed by atoms with Gasteiger partial charge < -0.3 is 0 Å². The van der Waals surface area contributed by atoms with Crippen molar-refractivity contribution in [2.45, 2.75) is 13.1 Å². The van der Waals surface area contributed by atoms with E-state index in [0.29, 0.717) is 4.47 Å². The second kappa shape index (κ2) is 4.82. The Bertz CT molecular complexity index is 435. The molecule has 0 N–H and O–H groups in total. The third-order valence-electron chi connectivity index (χ3n) is 1.84. The van der Waals surface area contributed by atoms with E-state index in [4.69, 9.17) is 0 Å². The summed E-state index contributed by atoms with van der Waals surface area (Å²) in [5, 5.41) is 0. The molecule has 1 aromatic rings. The molecular weight excluding hydrogens is 285 g/mol. The Morgan fingerprint density at radius 3 is 2.50 bits per heavy atom. The molecule has 0 aliphatic rings. The molecule has 0 fully saturated rings. The largest absolute Gasteiger partial charge is 0.417 e. The first-order chi connectivity index (χ1) is 7.32. The maximum Gasteiger partial charge on any atom is 0.417 e. The van der Waals surface area contributed by atoms with Crippen LogP contribution in [0.2, 0.25) is 0 Å². The summed E-state index contributed by atoms with van der Waals surface area (Å²) in [4.78, 5) is 10.7. The zero-order valence-corrected chi connectivity index (χ0v) is 9.89. The first kappa shape index (κ1) is 13.0. The number of allylic oxidation sites excluding steroid dienone is 1. The van der Waals surface area contributed by atoms with Gasteiger partial charge in [-0.2, -0.15) is 13.2 Å². The molecule has 0 unspecified atom stereocenters. The average molecular weight is 293 g/mol. The van der Waals surface area contributed by atoms with Crippen molar-refractivity contribution in [3.63, 3.8) is 0 Å². The maximum absolute atomic E-state index is 12.6. The van der Waals surface area contributed by atoms with E-state index in [0.717, 1.165) is 18.2 Å². The fourth-order valence-electron chi connectivity index (χ4n) is 1.15. The number of rotatable bonds is 2. The number of halogens is 4. The van der Waals surface area contributed by atoms with Crippen molar-refractivity contribution in [1.82, 2.24) is 0 Å². The van der Waals surface area contributed by atoms with E-state index in [-0.39, 0.29) is 11.3 Å². The van der Waals surface area contributed by atoms with Gasteiger partial charge in [0.15, 0.2) is 5.78 Å². The van der Waals surface area contributed by atoms with Crippen LogP contribution in [0.25, 0.3) is 6.08 Å². The maximum atomic E-state index is 12.6. The number of alkyl halides is 3. The quantitative estimate of drug-likeness (QED) is 0.751. The molecule has 0 aliphatic carbocycles. The van der Waals surface area contributed by atoms with Gasteiger partial charge >= 0.3 is 6.18 Å². The lowest BCUT2D eigenvalue weighted by molar-refractivity contribution is -0.137. The van der Waals surface area contributed by atoms with Crippen molar-refractivity contribution < 1.29 is 18.0 Å². The third kappa shape index (κ3) is 3.20. The van der Waals surface area contributed by atoms with Crippen molar-refractivity contribution in [3.05, 3.63) is 39.9 Å². The SMILES string of the molecule is CC(=O)/C=C/c1c(Br)cccc1C(F)(F)F. The third-order valence-corrected chi connectivity index (χ3v) is 2.53. The van der Waals surface area contributed by atoms with Crippen LogP contribution in [0.5, 0.6) is 0 Å². The minimum absolute atomic E-state index is 0.0369. The van der Waals surface area contributed by atoms with Gasteiger partial charge in [-0.1, -0.05) is 22.0 Å². The van der Waals surface area contributed by atoms with Crippen LogP contribution in [0.4, 0.5) is 13.2 Å². The van der Waals surface area contributed by atoms with Gasteiger partial charge in [0.25, 0.3) is 0 Å². The molecule has 1 nitrogen and oxygen atoms in total. The standard InChI is InChI=1S/C11H8BrF3O/c1-7(16)5-6-8-9(11(13,14)15)3-2-4-10(8)12/h2-6H,1H3/b6-5+. The summed E-state index contributed by atoms with van der Waals surface area (Å²) in [5.41, 5.74) is -0.801. The molecule has 0 atom stereocenters. The lowest BCUT2D eigenvalue weighted by Gasteiger charge is -2.11. The number of hydrogen-bond acceptors (Lipinski definition) is 1. The van der Waals surface area contributed by atoms with Crippen LogP contribution < -0.4 is 0 Å². The normalized spacial score (nSPS) is 12.1. The number of carbonyl (C=O) groups is 1. The highest BCUT2D eigenvalue weighted by atomic mass is 79.9. The molecule has 0 aliphatic heterocycles. The minimum Gasteiger partial charge on any atom is -0.295 e. The van der Waals surface area contributed by atoms with Crippen molar-refractivity contribution in [2.75, 3.05) is 0 Å². The van der Waals surface area contributed by atoms with Gasteiger partial charge in [-0.15, -0.1) is 0 Å². The first-order valence-electron chi connectivity index (χ1n) is 4.36. The minimum atomic E-state index is -4.43. The molecule has 0 aromatic heterocycles. The first-order valence-corrected chi connectivity index (χ1v) is 5.16. The van der Waals surface area contributed by atoms with E-state index in [2.05, 4.69) is 15.9 Å². The molecule has 86 valence electrons. The Kier molecular flexibility index (Phi) is 3.91. The van der Waals surface area contributed by atoms with E-state index >= 15 is 0 Å². The lowest BCUT2D eigenvalue weighted by Crippen LogP contribution is -2.07. The van der Waals surface area contributed by atoms with Crippen LogP contribution in [0, 0.1) is 0 Å². The number of carbonyl (C=O) groups excluding carboxylic acids is 1. The average Bonchev–Trinajstić information content (AvgIpc) is 2.13. The summed E-state index contributed by atoms with van der Waals surface area (Å²) in [6, 6.07) is 3.78. The fraction of sp³-hybridized carbons (Fsp3) is 0.182. The zero-order chi connectivity index (χ0) is 12.3. The van der Waals surface area contributed by atoms with Gasteiger partial charge in [0.05, 0.1) is 5.56 Å². The molecule has 0 saturated carbocycles. The van der Waals surface area contributed by atoms with E-state index < -0.39 is 11.7 Å². The molecule has 1 aromatic carbocycles. The number of hydrogen-bond donors (Lipinski definition) is 0. The molecule has 0 spiro atoms. The topological polar surface area (TPSA) is 17.1 Å². The highest BCUT2D eigenvalue weighted by Crippen LogP contribution is 2.35. The Morgan fingerprint density at radius 2 is 2.00 bits per heavy atom. The van der Waals surface area contributed by atoms with Gasteiger partial charge in [0.2, 0.25) is 0 Å². The van der Waals surface area contributed by atoms with Gasteiger partial charge in [-0.25, -0.2) is 0 Å². The van der Waals surface area contributed by atoms with Crippen LogP contribution in [0.1, 0.15) is 18.1 Å². The summed E-state index contributed by atoms with van der Waals surface area (Å²) in [7, 11) is 0. The van der Waals surface area contributed by atoms with E-state index in [1.54, 1.807) is 0 Å². The Hall–Kier alpha value is -1.10. The molecule has 0 radical (unpaired) electrons. The molecule has 0 amide bonds. The Balaban J connectivity index is 3.30. The summed E-state index contributed by atoms with van der Waals surface area (Å²) >= 11 is 3.03. The highest BCUT2D eigenvalue weighted by Gasteiger charge is 2.33. The second-order valence-corrected chi connectivity index (χ2v) is 4.00. The molecular formula is C11H8BrF3O. The van der Waals surface area contributed by atoms with Crippen molar-refractivity contribution in [2.24, 2.45) is 0 Å². The van der Waals surface area contributed by atoms with E-state index in [9.17, 15) is 18.0 Å². The summed E-state index contributed by atoms with van der Waals surface area (Å²) in [6.07, 6.45) is -2.16. The Morgan fingerprint density at radius 1 is 1.38 bits per heavy atom. The summed E-state index contributed by atoms with van der Waals surface area (Å²) in [5.74, 6) is -0.302. The van der Waals surface area contributed by atoms with Crippen LogP contribution in [0.15, 0.2) is 28.7 Å². The molecule has 16 heavy (non-hydrogen) atoms. The number of ketones is 1. The van der Waals surface area contributed by atoms with Crippen LogP contribution in [-0.4, -0.2) is 5.78 Å². The van der Waals surface area contributed by atoms with E-state index in [1.807, 2.05) is 0 Å². The van der Waals surface area contributed by atoms with Crippen LogP contribution >= 0.6 is 15.9 Å². The number of benzene rings is 1. The highest BCUT2D eigenvalue weighted by molar-refractivity contribution is 9.10. The molecule has 0 bridgehead atoms.